The number of carbonyl (C=O) groups is 1. The number of carbonyl (C=O) groups excluding carboxylic acids is 1. The van der Waals surface area contributed by atoms with Crippen molar-refractivity contribution in [2.75, 3.05) is 13.1 Å². The second-order valence-electron chi connectivity index (χ2n) is 5.55. The van der Waals surface area contributed by atoms with Gasteiger partial charge in [-0.05, 0) is 17.7 Å². The number of aromatic nitrogens is 1. The molecule has 1 fully saturated rings. The minimum Gasteiger partial charge on any atom is -0.489 e. The Kier molecular flexibility index (Phi) is 4.68. The number of hydrogen-bond donors (Lipinski definition) is 0. The van der Waals surface area contributed by atoms with Gasteiger partial charge in [0.2, 0.25) is 5.91 Å². The summed E-state index contributed by atoms with van der Waals surface area (Å²) >= 11 is 0. The van der Waals surface area contributed by atoms with Crippen molar-refractivity contribution >= 4 is 5.91 Å². The van der Waals surface area contributed by atoms with Gasteiger partial charge in [-0.25, -0.2) is 0 Å². The van der Waals surface area contributed by atoms with Gasteiger partial charge in [0, 0.05) is 32.1 Å². The van der Waals surface area contributed by atoms with Crippen LogP contribution in [0.4, 0.5) is 0 Å². The first-order valence-electron chi connectivity index (χ1n) is 7.69. The highest BCUT2D eigenvalue weighted by Gasteiger charge is 2.23. The second kappa shape index (κ2) is 7.07. The first kappa shape index (κ1) is 14.6. The van der Waals surface area contributed by atoms with Gasteiger partial charge in [0.05, 0.1) is 12.6 Å². The van der Waals surface area contributed by atoms with Gasteiger partial charge in [0.25, 0.3) is 0 Å². The molecule has 1 aliphatic heterocycles. The molecule has 2 aromatic rings. The third-order valence-corrected chi connectivity index (χ3v) is 3.93. The first-order chi connectivity index (χ1) is 10.8. The lowest BCUT2D eigenvalue weighted by molar-refractivity contribution is -0.132. The Morgan fingerprint density at radius 1 is 1.14 bits per heavy atom. The molecule has 0 spiro atoms. The summed E-state index contributed by atoms with van der Waals surface area (Å²) < 4.78 is 5.90. The molecule has 0 aliphatic carbocycles. The largest absolute Gasteiger partial charge is 0.489 e. The quantitative estimate of drug-likeness (QED) is 0.871. The molecule has 114 valence electrons. The van der Waals surface area contributed by atoms with Crippen LogP contribution >= 0.6 is 0 Å². The van der Waals surface area contributed by atoms with E-state index in [0.717, 1.165) is 37.2 Å². The van der Waals surface area contributed by atoms with Crippen LogP contribution in [0.25, 0.3) is 0 Å². The van der Waals surface area contributed by atoms with Gasteiger partial charge in [0.15, 0.2) is 0 Å². The van der Waals surface area contributed by atoms with E-state index in [0.29, 0.717) is 6.42 Å². The van der Waals surface area contributed by atoms with Crippen molar-refractivity contribution in [3.05, 3.63) is 60.4 Å². The zero-order chi connectivity index (χ0) is 15.2. The number of pyridine rings is 1. The molecule has 0 unspecified atom stereocenters. The number of nitrogens with zero attached hydrogens (tertiary/aromatic N) is 2. The van der Waals surface area contributed by atoms with E-state index in [4.69, 9.17) is 4.74 Å². The number of hydrogen-bond acceptors (Lipinski definition) is 3. The monoisotopic (exact) mass is 296 g/mol. The fraction of sp³-hybridized carbons (Fsp3) is 0.333. The van der Waals surface area contributed by atoms with Gasteiger partial charge in [-0.15, -0.1) is 0 Å². The van der Waals surface area contributed by atoms with Gasteiger partial charge in [-0.1, -0.05) is 30.3 Å². The molecule has 0 saturated carbocycles. The van der Waals surface area contributed by atoms with Crippen LogP contribution in [-0.4, -0.2) is 35.0 Å². The number of amides is 1. The maximum Gasteiger partial charge on any atom is 0.226 e. The van der Waals surface area contributed by atoms with E-state index in [1.807, 2.05) is 47.4 Å². The zero-order valence-corrected chi connectivity index (χ0v) is 12.5. The Hall–Kier alpha value is -2.36. The molecule has 3 rings (SSSR count). The fourth-order valence-corrected chi connectivity index (χ4v) is 2.71. The lowest BCUT2D eigenvalue weighted by Gasteiger charge is -2.32. The maximum absolute atomic E-state index is 12.3. The second-order valence-corrected chi connectivity index (χ2v) is 5.55. The summed E-state index contributed by atoms with van der Waals surface area (Å²) in [6.45, 7) is 1.52. The molecule has 0 N–H and O–H groups in total. The van der Waals surface area contributed by atoms with Crippen LogP contribution in [0.3, 0.4) is 0 Å². The smallest absolute Gasteiger partial charge is 0.226 e. The van der Waals surface area contributed by atoms with Crippen LogP contribution in [0.15, 0.2) is 54.9 Å². The predicted octanol–water partition coefficient (Wildman–Crippen LogP) is 2.69. The van der Waals surface area contributed by atoms with Crippen LogP contribution in [0.1, 0.15) is 18.4 Å². The van der Waals surface area contributed by atoms with Crippen molar-refractivity contribution in [1.29, 1.82) is 0 Å². The molecule has 4 heteroatoms. The van der Waals surface area contributed by atoms with Gasteiger partial charge >= 0.3 is 0 Å². The lowest BCUT2D eigenvalue weighted by atomic mass is 10.1. The van der Waals surface area contributed by atoms with E-state index in [1.165, 1.54) is 0 Å². The minimum atomic E-state index is 0.171. The average molecular weight is 296 g/mol. The summed E-state index contributed by atoms with van der Waals surface area (Å²) in [6.07, 6.45) is 5.86. The molecule has 4 nitrogen and oxygen atoms in total. The summed E-state index contributed by atoms with van der Waals surface area (Å²) in [7, 11) is 0. The van der Waals surface area contributed by atoms with Crippen molar-refractivity contribution < 1.29 is 9.53 Å². The summed E-state index contributed by atoms with van der Waals surface area (Å²) in [4.78, 5) is 18.3. The van der Waals surface area contributed by atoms with Gasteiger partial charge in [-0.2, -0.15) is 0 Å². The molecule has 1 aromatic carbocycles. The van der Waals surface area contributed by atoms with Gasteiger partial charge in [0.1, 0.15) is 11.9 Å². The van der Waals surface area contributed by atoms with E-state index in [1.54, 1.807) is 12.4 Å². The SMILES string of the molecule is O=C(Cc1ccccc1)N1CCC(Oc2cccnc2)CC1. The van der Waals surface area contributed by atoms with Crippen molar-refractivity contribution in [3.8, 4) is 5.75 Å². The molecule has 1 amide bonds. The summed E-state index contributed by atoms with van der Waals surface area (Å²) in [5.74, 6) is 1.00. The summed E-state index contributed by atoms with van der Waals surface area (Å²) in [5, 5.41) is 0. The van der Waals surface area contributed by atoms with Crippen molar-refractivity contribution in [2.45, 2.75) is 25.4 Å². The Balaban J connectivity index is 1.48. The molecular formula is C18H20N2O2. The third kappa shape index (κ3) is 3.85. The molecule has 0 radical (unpaired) electrons. The van der Waals surface area contributed by atoms with Crippen LogP contribution in [0, 0.1) is 0 Å². The number of rotatable bonds is 4. The van der Waals surface area contributed by atoms with E-state index < -0.39 is 0 Å². The highest BCUT2D eigenvalue weighted by atomic mass is 16.5. The Morgan fingerprint density at radius 2 is 1.91 bits per heavy atom. The average Bonchev–Trinajstić information content (AvgIpc) is 2.57. The van der Waals surface area contributed by atoms with Crippen molar-refractivity contribution in [1.82, 2.24) is 9.88 Å². The lowest BCUT2D eigenvalue weighted by Crippen LogP contribution is -2.42. The first-order valence-corrected chi connectivity index (χ1v) is 7.69. The summed E-state index contributed by atoms with van der Waals surface area (Å²) in [6, 6.07) is 13.7. The molecule has 2 heterocycles. The molecule has 0 bridgehead atoms. The molecule has 1 saturated heterocycles. The Bertz CT molecular complexity index is 593. The van der Waals surface area contributed by atoms with Crippen molar-refractivity contribution in [2.24, 2.45) is 0 Å². The topological polar surface area (TPSA) is 42.4 Å². The van der Waals surface area contributed by atoms with E-state index in [-0.39, 0.29) is 12.0 Å². The zero-order valence-electron chi connectivity index (χ0n) is 12.5. The fourth-order valence-electron chi connectivity index (χ4n) is 2.71. The van der Waals surface area contributed by atoms with Crippen LogP contribution in [0.2, 0.25) is 0 Å². The standard InChI is InChI=1S/C18H20N2O2/c21-18(13-15-5-2-1-3-6-15)20-11-8-16(9-12-20)22-17-7-4-10-19-14-17/h1-7,10,14,16H,8-9,11-13H2. The van der Waals surface area contributed by atoms with E-state index in [9.17, 15) is 4.79 Å². The predicted molar refractivity (Wildman–Crippen MR) is 84.6 cm³/mol. The van der Waals surface area contributed by atoms with E-state index >= 15 is 0 Å². The molecule has 1 aliphatic rings. The number of ether oxygens (including phenoxy) is 1. The molecule has 22 heavy (non-hydrogen) atoms. The van der Waals surface area contributed by atoms with Crippen LogP contribution in [-0.2, 0) is 11.2 Å². The Morgan fingerprint density at radius 3 is 2.59 bits per heavy atom. The summed E-state index contributed by atoms with van der Waals surface area (Å²) in [5.41, 5.74) is 1.07. The normalized spacial score (nSPS) is 15.5. The number of likely N-dealkylation sites (tertiary alicyclic amines) is 1. The van der Waals surface area contributed by atoms with E-state index in [2.05, 4.69) is 4.98 Å². The third-order valence-electron chi connectivity index (χ3n) is 3.93. The van der Waals surface area contributed by atoms with Crippen LogP contribution in [0.5, 0.6) is 5.75 Å². The maximum atomic E-state index is 12.3. The highest BCUT2D eigenvalue weighted by molar-refractivity contribution is 5.78. The highest BCUT2D eigenvalue weighted by Crippen LogP contribution is 2.18. The van der Waals surface area contributed by atoms with Gasteiger partial charge < -0.3 is 9.64 Å². The van der Waals surface area contributed by atoms with Gasteiger partial charge in [-0.3, -0.25) is 9.78 Å². The number of benzene rings is 1. The Labute approximate surface area is 130 Å². The van der Waals surface area contributed by atoms with Crippen LogP contribution < -0.4 is 4.74 Å². The molecule has 0 atom stereocenters. The molecular weight excluding hydrogens is 276 g/mol. The minimum absolute atomic E-state index is 0.171. The number of piperidine rings is 1. The molecule has 1 aromatic heterocycles. The van der Waals surface area contributed by atoms with Crippen molar-refractivity contribution in [3.63, 3.8) is 0 Å².